The Bertz CT molecular complexity index is 1210. The van der Waals surface area contributed by atoms with Crippen molar-refractivity contribution in [3.05, 3.63) is 84.2 Å². The van der Waals surface area contributed by atoms with E-state index in [9.17, 15) is 14.3 Å². The zero-order valence-electron chi connectivity index (χ0n) is 15.0. The highest BCUT2D eigenvalue weighted by atomic mass is 32.1. The Balaban J connectivity index is 1.75. The summed E-state index contributed by atoms with van der Waals surface area (Å²) in [4.78, 5) is 11.5. The number of hydrogen-bond donors (Lipinski definition) is 2. The number of carboxylic acid groups (broad SMARTS) is 1. The summed E-state index contributed by atoms with van der Waals surface area (Å²) in [6.07, 6.45) is 2.57. The van der Waals surface area contributed by atoms with Gasteiger partial charge in [0.05, 0.1) is 4.88 Å². The number of thiophene rings is 1. The second-order valence-electron chi connectivity index (χ2n) is 6.29. The molecule has 144 valence electrons. The Kier molecular flexibility index (Phi) is 5.01. The molecule has 3 aromatic carbocycles. The lowest BCUT2D eigenvalue weighted by Crippen LogP contribution is -1.87. The SMILES string of the molecule is O=C(O)/C=C/c1ccc(Oc2c(-c3ccc(F)cc3)sc3cc(O)ccc23)cc1. The lowest BCUT2D eigenvalue weighted by Gasteiger charge is -2.09. The van der Waals surface area contributed by atoms with Crippen molar-refractivity contribution in [3.8, 4) is 27.7 Å². The third-order valence-electron chi connectivity index (χ3n) is 4.25. The van der Waals surface area contributed by atoms with Gasteiger partial charge in [-0.05, 0) is 59.7 Å². The summed E-state index contributed by atoms with van der Waals surface area (Å²) < 4.78 is 20.4. The van der Waals surface area contributed by atoms with Gasteiger partial charge in [-0.1, -0.05) is 24.3 Å². The lowest BCUT2D eigenvalue weighted by molar-refractivity contribution is -0.131. The second kappa shape index (κ2) is 7.77. The van der Waals surface area contributed by atoms with Crippen LogP contribution in [0.2, 0.25) is 0 Å². The van der Waals surface area contributed by atoms with Gasteiger partial charge in [0.1, 0.15) is 17.3 Å². The highest BCUT2D eigenvalue weighted by molar-refractivity contribution is 7.22. The zero-order valence-corrected chi connectivity index (χ0v) is 15.8. The third-order valence-corrected chi connectivity index (χ3v) is 5.44. The molecule has 0 bridgehead atoms. The van der Waals surface area contributed by atoms with E-state index in [1.165, 1.54) is 29.5 Å². The van der Waals surface area contributed by atoms with E-state index in [4.69, 9.17) is 9.84 Å². The number of phenolic OH excluding ortho intramolecular Hbond substituents is 1. The van der Waals surface area contributed by atoms with Crippen molar-refractivity contribution >= 4 is 33.5 Å². The molecule has 4 aromatic rings. The Morgan fingerprint density at radius 2 is 1.72 bits per heavy atom. The number of aliphatic carboxylic acids is 1. The smallest absolute Gasteiger partial charge is 0.328 e. The predicted octanol–water partition coefficient (Wildman–Crippen LogP) is 6.30. The van der Waals surface area contributed by atoms with E-state index < -0.39 is 5.97 Å². The normalized spacial score (nSPS) is 11.2. The van der Waals surface area contributed by atoms with Crippen LogP contribution in [0.25, 0.3) is 26.6 Å². The van der Waals surface area contributed by atoms with Crippen molar-refractivity contribution in [2.24, 2.45) is 0 Å². The first-order valence-electron chi connectivity index (χ1n) is 8.70. The lowest BCUT2D eigenvalue weighted by atomic mass is 10.1. The number of hydrogen-bond acceptors (Lipinski definition) is 4. The number of carbonyl (C=O) groups is 1. The maximum Gasteiger partial charge on any atom is 0.328 e. The van der Waals surface area contributed by atoms with E-state index in [0.29, 0.717) is 11.5 Å². The summed E-state index contributed by atoms with van der Waals surface area (Å²) in [6.45, 7) is 0. The Hall–Kier alpha value is -3.64. The molecular weight excluding hydrogens is 391 g/mol. The van der Waals surface area contributed by atoms with Crippen LogP contribution in [0.4, 0.5) is 4.39 Å². The number of carboxylic acids is 1. The van der Waals surface area contributed by atoms with Gasteiger partial charge in [0.15, 0.2) is 5.75 Å². The molecule has 1 aromatic heterocycles. The fourth-order valence-electron chi connectivity index (χ4n) is 2.89. The van der Waals surface area contributed by atoms with Gasteiger partial charge < -0.3 is 14.9 Å². The molecule has 0 atom stereocenters. The monoisotopic (exact) mass is 406 g/mol. The summed E-state index contributed by atoms with van der Waals surface area (Å²) in [5.41, 5.74) is 1.54. The molecule has 0 spiro atoms. The van der Waals surface area contributed by atoms with E-state index in [2.05, 4.69) is 0 Å². The summed E-state index contributed by atoms with van der Waals surface area (Å²) in [7, 11) is 0. The molecule has 0 aliphatic carbocycles. The molecule has 0 aliphatic rings. The first-order valence-corrected chi connectivity index (χ1v) is 9.51. The molecule has 0 unspecified atom stereocenters. The van der Waals surface area contributed by atoms with Crippen molar-refractivity contribution < 1.29 is 24.1 Å². The molecule has 0 fully saturated rings. The van der Waals surface area contributed by atoms with Gasteiger partial charge in [0, 0.05) is 16.2 Å². The van der Waals surface area contributed by atoms with Gasteiger partial charge in [-0.2, -0.15) is 0 Å². The van der Waals surface area contributed by atoms with Crippen molar-refractivity contribution in [3.63, 3.8) is 0 Å². The topological polar surface area (TPSA) is 66.8 Å². The Morgan fingerprint density at radius 1 is 1.00 bits per heavy atom. The predicted molar refractivity (Wildman–Crippen MR) is 112 cm³/mol. The minimum absolute atomic E-state index is 0.158. The molecule has 4 rings (SSSR count). The molecule has 4 nitrogen and oxygen atoms in total. The quantitative estimate of drug-likeness (QED) is 0.382. The van der Waals surface area contributed by atoms with Crippen LogP contribution in [0.5, 0.6) is 17.2 Å². The molecule has 0 saturated heterocycles. The number of halogens is 1. The average Bonchev–Trinajstić information content (AvgIpc) is 3.05. The molecule has 6 heteroatoms. The van der Waals surface area contributed by atoms with Crippen LogP contribution in [-0.2, 0) is 4.79 Å². The van der Waals surface area contributed by atoms with Crippen LogP contribution >= 0.6 is 11.3 Å². The number of fused-ring (bicyclic) bond motifs is 1. The molecule has 2 N–H and O–H groups in total. The van der Waals surface area contributed by atoms with Gasteiger partial charge >= 0.3 is 5.97 Å². The summed E-state index contributed by atoms with van der Waals surface area (Å²) >= 11 is 1.45. The first kappa shape index (κ1) is 18.7. The Morgan fingerprint density at radius 3 is 2.41 bits per heavy atom. The van der Waals surface area contributed by atoms with Gasteiger partial charge in [-0.3, -0.25) is 0 Å². The molecule has 0 aliphatic heterocycles. The van der Waals surface area contributed by atoms with Gasteiger partial charge in [0.25, 0.3) is 0 Å². The minimum atomic E-state index is -1.01. The van der Waals surface area contributed by atoms with Gasteiger partial charge in [-0.25, -0.2) is 9.18 Å². The molecular formula is C23H15FO4S. The Labute approximate surface area is 169 Å². The molecule has 0 amide bonds. The van der Waals surface area contributed by atoms with Gasteiger partial charge in [-0.15, -0.1) is 11.3 Å². The third kappa shape index (κ3) is 4.12. The number of aromatic hydroxyl groups is 1. The van der Waals surface area contributed by atoms with Crippen molar-refractivity contribution in [1.82, 2.24) is 0 Å². The molecule has 1 heterocycles. The van der Waals surface area contributed by atoms with E-state index in [0.717, 1.165) is 32.2 Å². The highest BCUT2D eigenvalue weighted by Gasteiger charge is 2.17. The molecule has 0 radical (unpaired) electrons. The number of benzene rings is 3. The number of ether oxygens (including phenoxy) is 1. The van der Waals surface area contributed by atoms with Crippen LogP contribution in [-0.4, -0.2) is 16.2 Å². The summed E-state index contributed by atoms with van der Waals surface area (Å²) in [5.74, 6) is 0.0202. The van der Waals surface area contributed by atoms with E-state index >= 15 is 0 Å². The maximum absolute atomic E-state index is 13.4. The van der Waals surface area contributed by atoms with E-state index in [1.54, 1.807) is 54.6 Å². The number of phenols is 1. The van der Waals surface area contributed by atoms with Crippen LogP contribution in [0.3, 0.4) is 0 Å². The van der Waals surface area contributed by atoms with Crippen LogP contribution in [0.15, 0.2) is 72.8 Å². The largest absolute Gasteiger partial charge is 0.508 e. The maximum atomic E-state index is 13.4. The van der Waals surface area contributed by atoms with Crippen molar-refractivity contribution in [2.45, 2.75) is 0 Å². The summed E-state index contributed by atoms with van der Waals surface area (Å²) in [6, 6.07) is 18.2. The zero-order chi connectivity index (χ0) is 20.4. The average molecular weight is 406 g/mol. The van der Waals surface area contributed by atoms with E-state index in [1.807, 2.05) is 0 Å². The van der Waals surface area contributed by atoms with Crippen LogP contribution < -0.4 is 4.74 Å². The first-order chi connectivity index (χ1) is 14.0. The fourth-order valence-corrected chi connectivity index (χ4v) is 4.06. The van der Waals surface area contributed by atoms with Crippen LogP contribution in [0.1, 0.15) is 5.56 Å². The standard InChI is InChI=1S/C23H15FO4S/c24-16-6-4-15(5-7-16)23-22(19-11-8-17(25)13-20(19)29-23)28-18-9-1-14(2-10-18)3-12-21(26)27/h1-13,25H,(H,26,27)/b12-3+. The fraction of sp³-hybridized carbons (Fsp3) is 0. The molecule has 29 heavy (non-hydrogen) atoms. The second-order valence-corrected chi connectivity index (χ2v) is 7.34. The highest BCUT2D eigenvalue weighted by Crippen LogP contribution is 2.47. The van der Waals surface area contributed by atoms with Crippen molar-refractivity contribution in [1.29, 1.82) is 0 Å². The summed E-state index contributed by atoms with van der Waals surface area (Å²) in [5, 5.41) is 19.4. The number of rotatable bonds is 5. The van der Waals surface area contributed by atoms with Crippen LogP contribution in [0, 0.1) is 5.82 Å². The van der Waals surface area contributed by atoms with Crippen molar-refractivity contribution in [2.75, 3.05) is 0 Å². The molecule has 0 saturated carbocycles. The minimum Gasteiger partial charge on any atom is -0.508 e. The van der Waals surface area contributed by atoms with Gasteiger partial charge in [0.2, 0.25) is 0 Å². The van der Waals surface area contributed by atoms with E-state index in [-0.39, 0.29) is 11.6 Å².